The summed E-state index contributed by atoms with van der Waals surface area (Å²) in [6.45, 7) is 11.8. The van der Waals surface area contributed by atoms with Crippen molar-refractivity contribution in [3.05, 3.63) is 21.9 Å². The van der Waals surface area contributed by atoms with E-state index in [0.717, 1.165) is 38.0 Å². The maximum Gasteiger partial charge on any atom is 0.216 e. The summed E-state index contributed by atoms with van der Waals surface area (Å²) in [6, 6.07) is -0.461. The van der Waals surface area contributed by atoms with Crippen LogP contribution in [-0.2, 0) is 0 Å². The summed E-state index contributed by atoms with van der Waals surface area (Å²) in [5, 5.41) is 12.1. The Morgan fingerprint density at radius 1 is 1.00 bits per heavy atom. The molecule has 0 aromatic rings. The Balaban J connectivity index is 3.00. The number of nitrogens with two attached hydrogens (primary N) is 2. The number of hydrogen-bond donors (Lipinski definition) is 2. The van der Waals surface area contributed by atoms with Crippen LogP contribution in [0.15, 0.2) is 11.8 Å². The summed E-state index contributed by atoms with van der Waals surface area (Å²) in [5.74, 6) is 2.02. The smallest absolute Gasteiger partial charge is 0.216 e. The molecule has 6 atom stereocenters. The third kappa shape index (κ3) is 9.87. The van der Waals surface area contributed by atoms with E-state index in [9.17, 15) is 10.1 Å². The van der Waals surface area contributed by atoms with Gasteiger partial charge in [-0.1, -0.05) is 91.1 Å². The highest BCUT2D eigenvalue weighted by atomic mass is 16.6. The maximum absolute atomic E-state index is 12.1. The quantitative estimate of drug-likeness (QED) is 0.310. The molecule has 0 bridgehead atoms. The van der Waals surface area contributed by atoms with E-state index in [4.69, 9.17) is 11.5 Å². The highest BCUT2D eigenvalue weighted by Crippen LogP contribution is 2.40. The molecular formula is C29H57N3O2. The number of nitro groups is 1. The molecule has 200 valence electrons. The van der Waals surface area contributed by atoms with Crippen molar-refractivity contribution in [2.45, 2.75) is 137 Å². The Bertz CT molecular complexity index is 594. The fourth-order valence-corrected chi connectivity index (χ4v) is 6.73. The fourth-order valence-electron chi connectivity index (χ4n) is 6.73. The van der Waals surface area contributed by atoms with Gasteiger partial charge in [0.2, 0.25) is 6.04 Å². The van der Waals surface area contributed by atoms with Gasteiger partial charge < -0.3 is 11.5 Å². The zero-order valence-electron chi connectivity index (χ0n) is 23.2. The topological polar surface area (TPSA) is 95.2 Å². The normalized spacial score (nSPS) is 34.5. The van der Waals surface area contributed by atoms with Gasteiger partial charge in [-0.05, 0) is 74.9 Å². The Morgan fingerprint density at radius 3 is 2.12 bits per heavy atom. The van der Waals surface area contributed by atoms with Crippen LogP contribution in [0.3, 0.4) is 0 Å². The summed E-state index contributed by atoms with van der Waals surface area (Å²) < 4.78 is 0. The Hall–Kier alpha value is -1.10. The largest absolute Gasteiger partial charge is 0.405 e. The molecule has 34 heavy (non-hydrogen) atoms. The average molecular weight is 480 g/mol. The van der Waals surface area contributed by atoms with Crippen molar-refractivity contribution in [2.24, 2.45) is 40.6 Å². The molecule has 0 heterocycles. The van der Waals surface area contributed by atoms with E-state index in [2.05, 4.69) is 34.6 Å². The maximum atomic E-state index is 12.1. The monoisotopic (exact) mass is 479 g/mol. The molecule has 5 unspecified atom stereocenters. The van der Waals surface area contributed by atoms with E-state index in [1.807, 2.05) is 6.20 Å². The van der Waals surface area contributed by atoms with Crippen LogP contribution in [0.1, 0.15) is 131 Å². The molecule has 5 nitrogen and oxygen atoms in total. The molecule has 0 aromatic heterocycles. The van der Waals surface area contributed by atoms with E-state index in [1.54, 1.807) is 0 Å². The van der Waals surface area contributed by atoms with E-state index in [-0.39, 0.29) is 16.3 Å². The van der Waals surface area contributed by atoms with Crippen LogP contribution in [0, 0.1) is 39.2 Å². The minimum atomic E-state index is -0.461. The first-order chi connectivity index (χ1) is 16.2. The van der Waals surface area contributed by atoms with Crippen LogP contribution >= 0.6 is 0 Å². The molecule has 5 heteroatoms. The predicted molar refractivity (Wildman–Crippen MR) is 146 cm³/mol. The van der Waals surface area contributed by atoms with Crippen molar-refractivity contribution in [1.82, 2.24) is 0 Å². The third-order valence-electron chi connectivity index (χ3n) is 9.15. The SMILES string of the molecule is CCC1CCCCCCCCC([N+](=O)[O-])C(CC)[C@@](C)(CN)CCCCC(C)CC1/C(C)=C\N. The highest BCUT2D eigenvalue weighted by molar-refractivity contribution is 5.03. The highest BCUT2D eigenvalue weighted by Gasteiger charge is 2.42. The molecule has 4 N–H and O–H groups in total. The Morgan fingerprint density at radius 2 is 1.59 bits per heavy atom. The van der Waals surface area contributed by atoms with E-state index < -0.39 is 6.04 Å². The molecule has 0 aromatic carbocycles. The van der Waals surface area contributed by atoms with Gasteiger partial charge in [0, 0.05) is 17.3 Å². The molecule has 1 rings (SSSR count). The Labute approximate surface area is 211 Å². The van der Waals surface area contributed by atoms with Crippen molar-refractivity contribution in [3.63, 3.8) is 0 Å². The lowest BCUT2D eigenvalue weighted by Crippen LogP contribution is -2.44. The van der Waals surface area contributed by atoms with Gasteiger partial charge in [-0.25, -0.2) is 0 Å². The first kappa shape index (κ1) is 30.9. The van der Waals surface area contributed by atoms with Crippen LogP contribution in [0.2, 0.25) is 0 Å². The van der Waals surface area contributed by atoms with Crippen LogP contribution in [0.5, 0.6) is 0 Å². The molecule has 1 fully saturated rings. The second-order valence-electron chi connectivity index (χ2n) is 11.7. The van der Waals surface area contributed by atoms with Gasteiger partial charge in [0.15, 0.2) is 0 Å². The van der Waals surface area contributed by atoms with Gasteiger partial charge >= 0.3 is 0 Å². The molecule has 0 saturated heterocycles. The Kier molecular flexibility index (Phi) is 15.1. The molecule has 1 aliphatic rings. The standard InChI is InChI=1S/C29H57N3O2/c1-6-25-17-12-10-8-9-11-13-18-28(32(33)34)27(7-2)29(5,22-31)19-15-14-16-23(3)20-26(25)24(4)21-30/h21,23,25-28H,6-20,22,30-31H2,1-5H3/b24-21-/t23?,25?,26?,27?,28?,29-/m1/s1. The van der Waals surface area contributed by atoms with E-state index in [0.29, 0.717) is 24.8 Å². The minimum absolute atomic E-state index is 0.00493. The number of allylic oxidation sites excluding steroid dienone is 1. The van der Waals surface area contributed by atoms with E-state index >= 15 is 0 Å². The van der Waals surface area contributed by atoms with Crippen molar-refractivity contribution in [3.8, 4) is 0 Å². The van der Waals surface area contributed by atoms with Crippen LogP contribution in [0.25, 0.3) is 0 Å². The van der Waals surface area contributed by atoms with Crippen molar-refractivity contribution >= 4 is 0 Å². The lowest BCUT2D eigenvalue weighted by atomic mass is 9.68. The zero-order valence-corrected chi connectivity index (χ0v) is 23.2. The van der Waals surface area contributed by atoms with Crippen molar-refractivity contribution in [1.29, 1.82) is 0 Å². The molecule has 0 aliphatic heterocycles. The average Bonchev–Trinajstić information content (AvgIpc) is 2.82. The van der Waals surface area contributed by atoms with Gasteiger partial charge in [-0.15, -0.1) is 0 Å². The molecule has 0 spiro atoms. The van der Waals surface area contributed by atoms with Gasteiger partial charge in [0.05, 0.1) is 0 Å². The minimum Gasteiger partial charge on any atom is -0.405 e. The third-order valence-corrected chi connectivity index (χ3v) is 9.15. The summed E-state index contributed by atoms with van der Waals surface area (Å²) in [5.41, 5.74) is 13.5. The molecule has 1 saturated carbocycles. The second kappa shape index (κ2) is 16.5. The van der Waals surface area contributed by atoms with Gasteiger partial charge in [-0.3, -0.25) is 10.1 Å². The van der Waals surface area contributed by atoms with Crippen LogP contribution in [-0.4, -0.2) is 17.5 Å². The lowest BCUT2D eigenvalue weighted by Gasteiger charge is -2.38. The summed E-state index contributed by atoms with van der Waals surface area (Å²) in [7, 11) is 0. The number of nitrogens with zero attached hydrogens (tertiary/aromatic N) is 1. The number of hydrogen-bond acceptors (Lipinski definition) is 4. The molecule has 1 aliphatic carbocycles. The fraction of sp³-hybridized carbons (Fsp3) is 0.931. The first-order valence-corrected chi connectivity index (χ1v) is 14.5. The molecule has 0 amide bonds. The summed E-state index contributed by atoms with van der Waals surface area (Å²) >= 11 is 0. The van der Waals surface area contributed by atoms with Gasteiger partial charge in [0.25, 0.3) is 0 Å². The first-order valence-electron chi connectivity index (χ1n) is 14.5. The van der Waals surface area contributed by atoms with E-state index in [1.165, 1.54) is 63.4 Å². The zero-order chi connectivity index (χ0) is 25.6. The summed E-state index contributed by atoms with van der Waals surface area (Å²) in [4.78, 5) is 12.1. The molecular weight excluding hydrogens is 422 g/mol. The predicted octanol–water partition coefficient (Wildman–Crippen LogP) is 7.85. The molecule has 0 radical (unpaired) electrons. The van der Waals surface area contributed by atoms with Crippen LogP contribution in [0.4, 0.5) is 0 Å². The van der Waals surface area contributed by atoms with Gasteiger partial charge in [0.1, 0.15) is 0 Å². The second-order valence-corrected chi connectivity index (χ2v) is 11.7. The van der Waals surface area contributed by atoms with Crippen LogP contribution < -0.4 is 11.5 Å². The van der Waals surface area contributed by atoms with Crippen molar-refractivity contribution < 1.29 is 4.92 Å². The van der Waals surface area contributed by atoms with Crippen molar-refractivity contribution in [2.75, 3.05) is 6.54 Å². The van der Waals surface area contributed by atoms with Gasteiger partial charge in [-0.2, -0.15) is 0 Å². The lowest BCUT2D eigenvalue weighted by molar-refractivity contribution is -0.537. The summed E-state index contributed by atoms with van der Waals surface area (Å²) in [6.07, 6.45) is 18.6. The number of rotatable bonds is 5.